The summed E-state index contributed by atoms with van der Waals surface area (Å²) in [4.78, 5) is 4.72. The van der Waals surface area contributed by atoms with E-state index in [0.717, 1.165) is 30.5 Å². The lowest BCUT2D eigenvalue weighted by Crippen LogP contribution is -2.08. The maximum absolute atomic E-state index is 13.3. The van der Waals surface area contributed by atoms with Gasteiger partial charge >= 0.3 is 6.18 Å². The summed E-state index contributed by atoms with van der Waals surface area (Å²) in [6, 6.07) is 7.60. The van der Waals surface area contributed by atoms with E-state index in [1.54, 1.807) is 0 Å². The summed E-state index contributed by atoms with van der Waals surface area (Å²) in [5.74, 6) is -1.33. The summed E-state index contributed by atoms with van der Waals surface area (Å²) < 4.78 is 64.4. The Balaban J connectivity index is 2.06. The minimum Gasteiger partial charge on any atom is -0.391 e. The Hall–Kier alpha value is -2.44. The summed E-state index contributed by atoms with van der Waals surface area (Å²) in [5.41, 5.74) is -1.13. The van der Waals surface area contributed by atoms with Crippen LogP contribution in [0.3, 0.4) is 0 Å². The number of halogens is 5. The van der Waals surface area contributed by atoms with Gasteiger partial charge in [0, 0.05) is 11.1 Å². The molecule has 2 rings (SSSR count). The first kappa shape index (κ1) is 15.9. The van der Waals surface area contributed by atoms with E-state index < -0.39 is 30.0 Å². The van der Waals surface area contributed by atoms with Crippen molar-refractivity contribution in [3.63, 3.8) is 0 Å². The van der Waals surface area contributed by atoms with Gasteiger partial charge in [0.2, 0.25) is 0 Å². The lowest BCUT2D eigenvalue weighted by atomic mass is 10.1. The largest absolute Gasteiger partial charge is 0.417 e. The van der Waals surface area contributed by atoms with E-state index in [1.165, 1.54) is 18.2 Å². The molecule has 0 aromatic heterocycles. The van der Waals surface area contributed by atoms with Gasteiger partial charge in [-0.3, -0.25) is 0 Å². The summed E-state index contributed by atoms with van der Waals surface area (Å²) in [6.07, 6.45) is -3.64. The van der Waals surface area contributed by atoms with Crippen LogP contribution in [0, 0.1) is 11.6 Å². The molecule has 0 atom stereocenters. The van der Waals surface area contributed by atoms with Crippen LogP contribution >= 0.6 is 0 Å². The predicted molar refractivity (Wildman–Crippen MR) is 70.2 cm³/mol. The van der Waals surface area contributed by atoms with Gasteiger partial charge in [-0.2, -0.15) is 13.2 Å². The van der Waals surface area contributed by atoms with E-state index >= 15 is 0 Å². The molecule has 0 unspecified atom stereocenters. The molecule has 0 aliphatic rings. The highest BCUT2D eigenvalue weighted by molar-refractivity contribution is 5.81. The van der Waals surface area contributed by atoms with E-state index in [9.17, 15) is 22.0 Å². The Labute approximate surface area is 122 Å². The van der Waals surface area contributed by atoms with Crippen molar-refractivity contribution in [2.45, 2.75) is 12.8 Å². The highest BCUT2D eigenvalue weighted by atomic mass is 19.4. The third kappa shape index (κ3) is 4.03. The molecule has 0 N–H and O–H groups in total. The summed E-state index contributed by atoms with van der Waals surface area (Å²) in [6.45, 7) is -0.395. The zero-order chi connectivity index (χ0) is 16.2. The van der Waals surface area contributed by atoms with Gasteiger partial charge in [-0.1, -0.05) is 23.4 Å². The van der Waals surface area contributed by atoms with E-state index in [1.807, 2.05) is 0 Å². The molecule has 22 heavy (non-hydrogen) atoms. The second kappa shape index (κ2) is 6.55. The molecule has 116 valence electrons. The van der Waals surface area contributed by atoms with Crippen molar-refractivity contribution in [2.24, 2.45) is 5.16 Å². The molecular weight excluding hydrogens is 305 g/mol. The first-order valence-electron chi connectivity index (χ1n) is 6.13. The lowest BCUT2D eigenvalue weighted by Gasteiger charge is -2.09. The van der Waals surface area contributed by atoms with Gasteiger partial charge in [-0.25, -0.2) is 8.78 Å². The molecule has 2 aromatic carbocycles. The Bertz CT molecular complexity index is 682. The van der Waals surface area contributed by atoms with E-state index in [0.29, 0.717) is 0 Å². The van der Waals surface area contributed by atoms with Crippen LogP contribution in [0.15, 0.2) is 47.6 Å². The molecule has 2 nitrogen and oxygen atoms in total. The van der Waals surface area contributed by atoms with Crippen LogP contribution in [0.25, 0.3) is 0 Å². The number of oxime groups is 1. The number of alkyl halides is 3. The van der Waals surface area contributed by atoms with Crippen LogP contribution in [-0.2, 0) is 17.6 Å². The van der Waals surface area contributed by atoms with Crippen LogP contribution in [0.4, 0.5) is 22.0 Å². The minimum atomic E-state index is -4.52. The van der Waals surface area contributed by atoms with Crippen LogP contribution in [0.5, 0.6) is 0 Å². The Morgan fingerprint density at radius 3 is 2.50 bits per heavy atom. The van der Waals surface area contributed by atoms with E-state index in [4.69, 9.17) is 4.84 Å². The quantitative estimate of drug-likeness (QED) is 0.461. The van der Waals surface area contributed by atoms with Gasteiger partial charge in [0.1, 0.15) is 18.2 Å². The van der Waals surface area contributed by atoms with Gasteiger partial charge in [-0.15, -0.1) is 0 Å². The summed E-state index contributed by atoms with van der Waals surface area (Å²) in [5, 5.41) is 3.37. The molecule has 0 bridgehead atoms. The molecular formula is C15H10F5NO. The van der Waals surface area contributed by atoms with Crippen molar-refractivity contribution in [1.82, 2.24) is 0 Å². The zero-order valence-electron chi connectivity index (χ0n) is 11.1. The SMILES string of the molecule is Fc1ccc(F)c(CON=Cc2ccccc2C(F)(F)F)c1. The monoisotopic (exact) mass is 315 g/mol. The topological polar surface area (TPSA) is 21.6 Å². The predicted octanol–water partition coefficient (Wildman–Crippen LogP) is 4.53. The van der Waals surface area contributed by atoms with Gasteiger partial charge < -0.3 is 4.84 Å². The summed E-state index contributed by atoms with van der Waals surface area (Å²) >= 11 is 0. The minimum absolute atomic E-state index is 0.0822. The van der Waals surface area contributed by atoms with E-state index in [-0.39, 0.29) is 11.1 Å². The highest BCUT2D eigenvalue weighted by Crippen LogP contribution is 2.31. The molecule has 0 saturated carbocycles. The fourth-order valence-electron chi connectivity index (χ4n) is 1.72. The van der Waals surface area contributed by atoms with Crippen molar-refractivity contribution in [3.05, 3.63) is 70.8 Å². The second-order valence-electron chi connectivity index (χ2n) is 4.33. The molecule has 0 aliphatic carbocycles. The normalized spacial score (nSPS) is 11.9. The number of benzene rings is 2. The molecule has 0 radical (unpaired) electrons. The molecule has 0 aliphatic heterocycles. The number of nitrogens with zero attached hydrogens (tertiary/aromatic N) is 1. The number of hydrogen-bond acceptors (Lipinski definition) is 2. The highest BCUT2D eigenvalue weighted by Gasteiger charge is 2.32. The standard InChI is InChI=1S/C15H10F5NO/c16-12-5-6-14(17)11(7-12)9-22-21-8-10-3-1-2-4-13(10)15(18,19)20/h1-8H,9H2. The smallest absolute Gasteiger partial charge is 0.391 e. The fourth-order valence-corrected chi connectivity index (χ4v) is 1.72. The fraction of sp³-hybridized carbons (Fsp3) is 0.133. The van der Waals surface area contributed by atoms with Gasteiger partial charge in [0.05, 0.1) is 11.8 Å². The van der Waals surface area contributed by atoms with Gasteiger partial charge in [-0.05, 0) is 24.3 Å². The lowest BCUT2D eigenvalue weighted by molar-refractivity contribution is -0.137. The zero-order valence-corrected chi connectivity index (χ0v) is 11.1. The molecule has 0 heterocycles. The number of rotatable bonds is 4. The molecule has 0 fully saturated rings. The first-order chi connectivity index (χ1) is 10.4. The van der Waals surface area contributed by atoms with Crippen molar-refractivity contribution in [3.8, 4) is 0 Å². The summed E-state index contributed by atoms with van der Waals surface area (Å²) in [7, 11) is 0. The van der Waals surface area contributed by atoms with Crippen LogP contribution in [0.1, 0.15) is 16.7 Å². The van der Waals surface area contributed by atoms with Crippen molar-refractivity contribution < 1.29 is 26.8 Å². The molecule has 2 aromatic rings. The van der Waals surface area contributed by atoms with Gasteiger partial charge in [0.15, 0.2) is 0 Å². The van der Waals surface area contributed by atoms with Crippen LogP contribution < -0.4 is 0 Å². The Morgan fingerprint density at radius 2 is 1.77 bits per heavy atom. The maximum atomic E-state index is 13.3. The van der Waals surface area contributed by atoms with Crippen molar-refractivity contribution in [1.29, 1.82) is 0 Å². The average Bonchev–Trinajstić information content (AvgIpc) is 2.46. The van der Waals surface area contributed by atoms with Crippen LogP contribution in [0.2, 0.25) is 0 Å². The van der Waals surface area contributed by atoms with Crippen molar-refractivity contribution >= 4 is 6.21 Å². The molecule has 7 heteroatoms. The first-order valence-corrected chi connectivity index (χ1v) is 6.13. The molecule has 0 saturated heterocycles. The third-order valence-corrected chi connectivity index (χ3v) is 2.76. The second-order valence-corrected chi connectivity index (χ2v) is 4.33. The van der Waals surface area contributed by atoms with Gasteiger partial charge in [0.25, 0.3) is 0 Å². The van der Waals surface area contributed by atoms with Crippen LogP contribution in [-0.4, -0.2) is 6.21 Å². The number of hydrogen-bond donors (Lipinski definition) is 0. The Kier molecular flexibility index (Phi) is 4.75. The van der Waals surface area contributed by atoms with Crippen molar-refractivity contribution in [2.75, 3.05) is 0 Å². The van der Waals surface area contributed by atoms with E-state index in [2.05, 4.69) is 5.16 Å². The average molecular weight is 315 g/mol. The third-order valence-electron chi connectivity index (χ3n) is 2.76. The molecule has 0 spiro atoms. The molecule has 0 amide bonds. The maximum Gasteiger partial charge on any atom is 0.417 e. The Morgan fingerprint density at radius 1 is 1.05 bits per heavy atom.